The van der Waals surface area contributed by atoms with E-state index in [0.29, 0.717) is 12.8 Å². The minimum atomic E-state index is -1.48. The van der Waals surface area contributed by atoms with Gasteiger partial charge in [0.05, 0.1) is 12.5 Å². The lowest BCUT2D eigenvalue weighted by Gasteiger charge is -2.17. The van der Waals surface area contributed by atoms with E-state index in [0.717, 1.165) is 44.9 Å². The number of aliphatic carboxylic acids is 1. The molecule has 5 nitrogen and oxygen atoms in total. The van der Waals surface area contributed by atoms with Gasteiger partial charge in [0.25, 0.3) is 0 Å². The van der Waals surface area contributed by atoms with E-state index < -0.39 is 23.8 Å². The van der Waals surface area contributed by atoms with Crippen molar-refractivity contribution < 1.29 is 24.6 Å². The Bertz CT molecular complexity index is 364. The fraction of sp³-hybridized carbons (Fsp3) is 0.833. The summed E-state index contributed by atoms with van der Waals surface area (Å²) in [5, 5.41) is 19.1. The molecule has 0 aromatic carbocycles. The number of Topliss-reactive ketones (excluding diaryl/α,β-unsaturated/α-hetero) is 2. The lowest BCUT2D eigenvalue weighted by atomic mass is 9.90. The molecule has 2 N–H and O–H groups in total. The van der Waals surface area contributed by atoms with Gasteiger partial charge < -0.3 is 10.2 Å². The third-order valence-electron chi connectivity index (χ3n) is 4.03. The number of unbranched alkanes of at least 4 members (excludes halogenated alkanes) is 6. The second-order valence-electron chi connectivity index (χ2n) is 6.23. The van der Waals surface area contributed by atoms with Crippen molar-refractivity contribution in [3.8, 4) is 0 Å². The maximum absolute atomic E-state index is 12.0. The molecule has 23 heavy (non-hydrogen) atoms. The van der Waals surface area contributed by atoms with Crippen LogP contribution >= 0.6 is 0 Å². The number of ketones is 2. The van der Waals surface area contributed by atoms with Crippen molar-refractivity contribution in [2.75, 3.05) is 0 Å². The summed E-state index contributed by atoms with van der Waals surface area (Å²) in [6.45, 7) is 4.12. The molecule has 0 heterocycles. The van der Waals surface area contributed by atoms with Gasteiger partial charge in [-0.3, -0.25) is 14.4 Å². The molecule has 134 valence electrons. The van der Waals surface area contributed by atoms with E-state index in [4.69, 9.17) is 5.11 Å². The summed E-state index contributed by atoms with van der Waals surface area (Å²) in [5.74, 6) is -3.70. The number of carbonyl (C=O) groups excluding carboxylic acids is 2. The summed E-state index contributed by atoms with van der Waals surface area (Å²) in [6.07, 6.45) is 6.56. The number of carboxylic acids is 1. The van der Waals surface area contributed by atoms with Crippen molar-refractivity contribution in [2.24, 2.45) is 5.92 Å². The fourth-order valence-corrected chi connectivity index (χ4v) is 2.61. The van der Waals surface area contributed by atoms with Gasteiger partial charge in [-0.1, -0.05) is 58.8 Å². The average molecular weight is 328 g/mol. The summed E-state index contributed by atoms with van der Waals surface area (Å²) >= 11 is 0. The Labute approximate surface area is 139 Å². The van der Waals surface area contributed by atoms with Gasteiger partial charge in [-0.25, -0.2) is 0 Å². The van der Waals surface area contributed by atoms with Gasteiger partial charge in [0.1, 0.15) is 11.7 Å². The van der Waals surface area contributed by atoms with Crippen LogP contribution in [0.1, 0.15) is 84.5 Å². The smallest absolute Gasteiger partial charge is 0.316 e. The molecule has 5 heteroatoms. The molecule has 0 spiro atoms. The van der Waals surface area contributed by atoms with Crippen molar-refractivity contribution in [2.45, 2.75) is 90.6 Å². The van der Waals surface area contributed by atoms with E-state index in [-0.39, 0.29) is 18.6 Å². The normalized spacial score (nSPS) is 13.5. The molecule has 0 radical (unpaired) electrons. The van der Waals surface area contributed by atoms with Crippen LogP contribution in [0.5, 0.6) is 0 Å². The predicted molar refractivity (Wildman–Crippen MR) is 89.3 cm³/mol. The molecule has 2 unspecified atom stereocenters. The summed E-state index contributed by atoms with van der Waals surface area (Å²) < 4.78 is 0. The molecule has 0 aliphatic rings. The zero-order chi connectivity index (χ0) is 17.7. The molecule has 2 atom stereocenters. The predicted octanol–water partition coefficient (Wildman–Crippen LogP) is 3.52. The first-order valence-electron chi connectivity index (χ1n) is 8.89. The van der Waals surface area contributed by atoms with Crippen LogP contribution in [0.3, 0.4) is 0 Å². The van der Waals surface area contributed by atoms with Crippen LogP contribution < -0.4 is 0 Å². The summed E-state index contributed by atoms with van der Waals surface area (Å²) in [7, 11) is 0. The summed E-state index contributed by atoms with van der Waals surface area (Å²) in [6, 6.07) is 0. The van der Waals surface area contributed by atoms with Gasteiger partial charge in [0, 0.05) is 6.42 Å². The second kappa shape index (κ2) is 13.2. The SMILES string of the molecule is CCCCCCCC(=O)CC(=O)C(C(=O)O)C(O)CCCCC. The van der Waals surface area contributed by atoms with Gasteiger partial charge in [0.15, 0.2) is 5.78 Å². The molecular weight excluding hydrogens is 296 g/mol. The van der Waals surface area contributed by atoms with Gasteiger partial charge in [-0.2, -0.15) is 0 Å². The highest BCUT2D eigenvalue weighted by Gasteiger charge is 2.33. The van der Waals surface area contributed by atoms with E-state index in [1.165, 1.54) is 0 Å². The van der Waals surface area contributed by atoms with Crippen molar-refractivity contribution in [3.63, 3.8) is 0 Å². The van der Waals surface area contributed by atoms with E-state index in [1.54, 1.807) is 0 Å². The van der Waals surface area contributed by atoms with Crippen molar-refractivity contribution >= 4 is 17.5 Å². The van der Waals surface area contributed by atoms with Gasteiger partial charge >= 0.3 is 5.97 Å². The Balaban J connectivity index is 4.28. The van der Waals surface area contributed by atoms with Crippen LogP contribution in [0.4, 0.5) is 0 Å². The van der Waals surface area contributed by atoms with E-state index in [1.807, 2.05) is 6.92 Å². The molecule has 0 fully saturated rings. The Kier molecular flexibility index (Phi) is 12.5. The molecule has 0 aliphatic carbocycles. The Hall–Kier alpha value is -1.23. The molecule has 0 aromatic rings. The number of aliphatic hydroxyl groups excluding tert-OH is 1. The molecule has 0 rings (SSSR count). The van der Waals surface area contributed by atoms with Crippen molar-refractivity contribution in [3.05, 3.63) is 0 Å². The van der Waals surface area contributed by atoms with Gasteiger partial charge in [-0.05, 0) is 12.8 Å². The number of hydrogen-bond donors (Lipinski definition) is 2. The van der Waals surface area contributed by atoms with Gasteiger partial charge in [0.2, 0.25) is 0 Å². The number of hydrogen-bond acceptors (Lipinski definition) is 4. The lowest BCUT2D eigenvalue weighted by Crippen LogP contribution is -2.36. The summed E-state index contributed by atoms with van der Waals surface area (Å²) in [4.78, 5) is 35.1. The highest BCUT2D eigenvalue weighted by molar-refractivity contribution is 6.07. The Morgan fingerprint density at radius 1 is 0.870 bits per heavy atom. The lowest BCUT2D eigenvalue weighted by molar-refractivity contribution is -0.151. The number of carboxylic acid groups (broad SMARTS) is 1. The number of rotatable bonds is 15. The van der Waals surface area contributed by atoms with Crippen LogP contribution in [-0.4, -0.2) is 33.9 Å². The van der Waals surface area contributed by atoms with Crippen LogP contribution in [0.15, 0.2) is 0 Å². The first-order valence-corrected chi connectivity index (χ1v) is 8.89. The molecular formula is C18H32O5. The minimum Gasteiger partial charge on any atom is -0.481 e. The Morgan fingerprint density at radius 2 is 1.43 bits per heavy atom. The van der Waals surface area contributed by atoms with E-state index >= 15 is 0 Å². The fourth-order valence-electron chi connectivity index (χ4n) is 2.61. The van der Waals surface area contributed by atoms with E-state index in [2.05, 4.69) is 6.92 Å². The van der Waals surface area contributed by atoms with Crippen LogP contribution in [0, 0.1) is 5.92 Å². The highest BCUT2D eigenvalue weighted by atomic mass is 16.4. The van der Waals surface area contributed by atoms with E-state index in [9.17, 15) is 19.5 Å². The van der Waals surface area contributed by atoms with Crippen LogP contribution in [0.2, 0.25) is 0 Å². The molecule has 0 amide bonds. The number of carbonyl (C=O) groups is 3. The largest absolute Gasteiger partial charge is 0.481 e. The molecule has 0 saturated heterocycles. The molecule has 0 saturated carbocycles. The number of aliphatic hydroxyl groups is 1. The highest BCUT2D eigenvalue weighted by Crippen LogP contribution is 2.16. The zero-order valence-electron chi connectivity index (χ0n) is 14.6. The monoisotopic (exact) mass is 328 g/mol. The molecule has 0 bridgehead atoms. The van der Waals surface area contributed by atoms with Crippen LogP contribution in [0.25, 0.3) is 0 Å². The third-order valence-corrected chi connectivity index (χ3v) is 4.03. The van der Waals surface area contributed by atoms with Gasteiger partial charge in [-0.15, -0.1) is 0 Å². The van der Waals surface area contributed by atoms with Crippen LogP contribution in [-0.2, 0) is 14.4 Å². The van der Waals surface area contributed by atoms with Crippen molar-refractivity contribution in [1.29, 1.82) is 0 Å². The standard InChI is InChI=1S/C18H32O5/c1-3-5-7-8-10-11-14(19)13-16(21)17(18(22)23)15(20)12-9-6-4-2/h15,17,20H,3-13H2,1-2H3,(H,22,23). The molecule has 0 aliphatic heterocycles. The second-order valence-corrected chi connectivity index (χ2v) is 6.23. The maximum Gasteiger partial charge on any atom is 0.316 e. The Morgan fingerprint density at radius 3 is 2.00 bits per heavy atom. The first kappa shape index (κ1) is 21.8. The van der Waals surface area contributed by atoms with Crippen molar-refractivity contribution in [1.82, 2.24) is 0 Å². The zero-order valence-corrected chi connectivity index (χ0v) is 14.6. The average Bonchev–Trinajstić information content (AvgIpc) is 2.46. The quantitative estimate of drug-likeness (QED) is 0.354. The third kappa shape index (κ3) is 10.2. The summed E-state index contributed by atoms with van der Waals surface area (Å²) in [5.41, 5.74) is 0. The molecule has 0 aromatic heterocycles. The maximum atomic E-state index is 12.0. The first-order chi connectivity index (χ1) is 10.9. The minimum absolute atomic E-state index is 0.224. The topological polar surface area (TPSA) is 91.7 Å².